The van der Waals surface area contributed by atoms with E-state index in [1.165, 1.54) is 11.3 Å². The van der Waals surface area contributed by atoms with Crippen LogP contribution in [0.1, 0.15) is 35.0 Å². The van der Waals surface area contributed by atoms with Crippen LogP contribution in [0, 0.1) is 12.8 Å². The van der Waals surface area contributed by atoms with E-state index >= 15 is 0 Å². The van der Waals surface area contributed by atoms with Crippen LogP contribution < -0.4 is 20.3 Å². The number of anilines is 3. The van der Waals surface area contributed by atoms with Gasteiger partial charge in [-0.15, -0.1) is 11.3 Å². The summed E-state index contributed by atoms with van der Waals surface area (Å²) in [6.07, 6.45) is 3.01. The van der Waals surface area contributed by atoms with E-state index in [4.69, 9.17) is 15.2 Å². The van der Waals surface area contributed by atoms with Gasteiger partial charge < -0.3 is 20.1 Å². The standard InChI is InChI=1S/C32H33N5O5S/c1-19-16-23(42-22-9-5-4-6-10-22)11-12-24(19)37-25-13-14-34-30-26(25)27(28(43-30)29(33)38)36(32(37)40)21-8-7-15-35(17-21)31(39)20(2)18-41-3/h4-6,9-14,16,20-21H,7-8,15,17-18H2,1-3H3,(H2,33,38)/t20-,21-/m1/s1. The zero-order valence-electron chi connectivity index (χ0n) is 24.3. The second-order valence-electron chi connectivity index (χ2n) is 10.9. The van der Waals surface area contributed by atoms with Crippen LogP contribution in [-0.2, 0) is 9.53 Å². The monoisotopic (exact) mass is 599 g/mol. The molecule has 11 heteroatoms. The number of para-hydroxylation sites is 1. The van der Waals surface area contributed by atoms with E-state index in [1.54, 1.807) is 34.1 Å². The molecule has 4 aromatic rings. The number of piperidine rings is 1. The number of thiophene rings is 1. The van der Waals surface area contributed by atoms with Crippen molar-refractivity contribution in [3.05, 3.63) is 71.2 Å². The van der Waals surface area contributed by atoms with Gasteiger partial charge in [0.25, 0.3) is 5.91 Å². The molecule has 0 aliphatic carbocycles. The molecule has 2 aromatic carbocycles. The molecule has 0 saturated carbocycles. The third kappa shape index (κ3) is 5.19. The first-order chi connectivity index (χ1) is 20.8. The summed E-state index contributed by atoms with van der Waals surface area (Å²) >= 11 is 1.18. The van der Waals surface area contributed by atoms with Gasteiger partial charge in [-0.25, -0.2) is 9.78 Å². The van der Waals surface area contributed by atoms with Gasteiger partial charge >= 0.3 is 6.03 Å². The quantitative estimate of drug-likeness (QED) is 0.272. The first-order valence-corrected chi connectivity index (χ1v) is 15.1. The molecule has 1 saturated heterocycles. The van der Waals surface area contributed by atoms with Gasteiger partial charge in [-0.1, -0.05) is 25.1 Å². The molecule has 0 unspecified atom stereocenters. The Morgan fingerprint density at radius 2 is 1.91 bits per heavy atom. The Labute approximate surface area is 253 Å². The van der Waals surface area contributed by atoms with Gasteiger partial charge in [0.2, 0.25) is 5.91 Å². The predicted molar refractivity (Wildman–Crippen MR) is 166 cm³/mol. The molecule has 2 aliphatic rings. The predicted octanol–water partition coefficient (Wildman–Crippen LogP) is 5.85. The lowest BCUT2D eigenvalue weighted by Gasteiger charge is -2.44. The number of primary amides is 1. The summed E-state index contributed by atoms with van der Waals surface area (Å²) in [6.45, 7) is 5.01. The minimum absolute atomic E-state index is 0.0228. The number of hydrogen-bond acceptors (Lipinski definition) is 7. The third-order valence-electron chi connectivity index (χ3n) is 7.95. The summed E-state index contributed by atoms with van der Waals surface area (Å²) in [5, 5.41) is 0.695. The SMILES string of the molecule is COC[C@@H](C)C(=O)N1CCC[C@@H](N2C(=O)N(c3ccc(Oc4ccccc4)cc3C)c3ccnc4sc(C(N)=O)c2c34)C1. The van der Waals surface area contributed by atoms with Crippen LogP contribution in [0.25, 0.3) is 10.2 Å². The van der Waals surface area contributed by atoms with Crippen LogP contribution in [0.3, 0.4) is 0 Å². The number of ether oxygens (including phenoxy) is 2. The molecule has 2 atom stereocenters. The molecule has 10 nitrogen and oxygen atoms in total. The average Bonchev–Trinajstić information content (AvgIpc) is 3.39. The topological polar surface area (TPSA) is 118 Å². The zero-order valence-corrected chi connectivity index (χ0v) is 25.1. The Hall–Kier alpha value is -4.48. The number of benzene rings is 2. The molecule has 43 heavy (non-hydrogen) atoms. The number of methoxy groups -OCH3 is 1. The number of likely N-dealkylation sites (tertiary alicyclic amines) is 1. The van der Waals surface area contributed by atoms with E-state index in [9.17, 15) is 14.4 Å². The second-order valence-corrected chi connectivity index (χ2v) is 11.9. The fourth-order valence-corrected chi connectivity index (χ4v) is 7.03. The van der Waals surface area contributed by atoms with E-state index in [2.05, 4.69) is 4.98 Å². The largest absolute Gasteiger partial charge is 0.457 e. The lowest BCUT2D eigenvalue weighted by atomic mass is 9.99. The Kier molecular flexibility index (Phi) is 7.76. The molecule has 6 rings (SSSR count). The Morgan fingerprint density at radius 3 is 2.63 bits per heavy atom. The molecular weight excluding hydrogens is 566 g/mol. The number of aromatic nitrogens is 1. The number of hydrogen-bond donors (Lipinski definition) is 1. The summed E-state index contributed by atoms with van der Waals surface area (Å²) in [5.41, 5.74) is 8.47. The van der Waals surface area contributed by atoms with Crippen LogP contribution in [0.4, 0.5) is 21.9 Å². The van der Waals surface area contributed by atoms with Gasteiger partial charge in [0.05, 0.1) is 41.0 Å². The molecule has 4 heterocycles. The molecule has 2 aliphatic heterocycles. The van der Waals surface area contributed by atoms with E-state index in [0.29, 0.717) is 71.3 Å². The lowest BCUT2D eigenvalue weighted by Crippen LogP contribution is -2.56. The summed E-state index contributed by atoms with van der Waals surface area (Å²) in [5.74, 6) is 0.406. The van der Waals surface area contributed by atoms with Crippen molar-refractivity contribution in [3.63, 3.8) is 0 Å². The van der Waals surface area contributed by atoms with Gasteiger partial charge in [-0.2, -0.15) is 0 Å². The van der Waals surface area contributed by atoms with Crippen LogP contribution >= 0.6 is 11.3 Å². The number of nitrogens with zero attached hydrogens (tertiary/aromatic N) is 4. The van der Waals surface area contributed by atoms with Crippen molar-refractivity contribution in [1.29, 1.82) is 0 Å². The summed E-state index contributed by atoms with van der Waals surface area (Å²) in [4.78, 5) is 51.2. The minimum Gasteiger partial charge on any atom is -0.457 e. The zero-order chi connectivity index (χ0) is 30.2. The Balaban J connectivity index is 1.43. The van der Waals surface area contributed by atoms with E-state index in [1.807, 2.05) is 62.4 Å². The van der Waals surface area contributed by atoms with Gasteiger partial charge in [-0.05, 0) is 61.7 Å². The molecule has 2 N–H and O–H groups in total. The molecule has 0 radical (unpaired) electrons. The lowest BCUT2D eigenvalue weighted by molar-refractivity contribution is -0.137. The number of amides is 4. The van der Waals surface area contributed by atoms with Crippen LogP contribution in [0.5, 0.6) is 11.5 Å². The number of nitrogens with two attached hydrogens (primary N) is 1. The maximum absolute atomic E-state index is 14.7. The normalized spacial score (nSPS) is 17.3. The molecule has 1 fully saturated rings. The smallest absolute Gasteiger partial charge is 0.334 e. The van der Waals surface area contributed by atoms with Crippen LogP contribution in [0.15, 0.2) is 60.8 Å². The maximum atomic E-state index is 14.7. The van der Waals surface area contributed by atoms with Gasteiger partial charge in [0.1, 0.15) is 21.2 Å². The number of rotatable bonds is 8. The number of pyridine rings is 1. The summed E-state index contributed by atoms with van der Waals surface area (Å²) in [7, 11) is 1.57. The fourth-order valence-electron chi connectivity index (χ4n) is 6.02. The molecule has 0 spiro atoms. The number of aryl methyl sites for hydroxylation is 1. The average molecular weight is 600 g/mol. The van der Waals surface area contributed by atoms with Crippen molar-refractivity contribution in [2.24, 2.45) is 11.7 Å². The van der Waals surface area contributed by atoms with Crippen LogP contribution in [0.2, 0.25) is 0 Å². The molecule has 0 bridgehead atoms. The van der Waals surface area contributed by atoms with Crippen molar-refractivity contribution in [1.82, 2.24) is 9.88 Å². The van der Waals surface area contributed by atoms with Crippen molar-refractivity contribution in [2.75, 3.05) is 36.6 Å². The Bertz CT molecular complexity index is 1710. The third-order valence-corrected chi connectivity index (χ3v) is 9.05. The van der Waals surface area contributed by atoms with Crippen molar-refractivity contribution < 1.29 is 23.9 Å². The summed E-state index contributed by atoms with van der Waals surface area (Å²) in [6, 6.07) is 16.2. The van der Waals surface area contributed by atoms with Crippen molar-refractivity contribution in [3.8, 4) is 11.5 Å². The Morgan fingerprint density at radius 1 is 1.12 bits per heavy atom. The highest BCUT2D eigenvalue weighted by atomic mass is 32.1. The van der Waals surface area contributed by atoms with Gasteiger partial charge in [0.15, 0.2) is 0 Å². The highest BCUT2D eigenvalue weighted by Crippen LogP contribution is 2.50. The first-order valence-electron chi connectivity index (χ1n) is 14.2. The van der Waals surface area contributed by atoms with E-state index in [0.717, 1.165) is 5.56 Å². The molecular formula is C32H33N5O5S. The number of carbonyl (C=O) groups excluding carboxylic acids is 3. The maximum Gasteiger partial charge on any atom is 0.334 e. The first kappa shape index (κ1) is 28.6. The number of urea groups is 1. The highest BCUT2D eigenvalue weighted by Gasteiger charge is 2.43. The van der Waals surface area contributed by atoms with E-state index in [-0.39, 0.29) is 28.8 Å². The van der Waals surface area contributed by atoms with E-state index < -0.39 is 5.91 Å². The molecule has 2 aromatic heterocycles. The van der Waals surface area contributed by atoms with Crippen molar-refractivity contribution in [2.45, 2.75) is 32.7 Å². The minimum atomic E-state index is -0.619. The molecule has 222 valence electrons. The van der Waals surface area contributed by atoms with Gasteiger partial charge in [0, 0.05) is 26.4 Å². The van der Waals surface area contributed by atoms with Gasteiger partial charge in [-0.3, -0.25) is 19.4 Å². The molecule has 4 amide bonds. The number of carbonyl (C=O) groups is 3. The second kappa shape index (κ2) is 11.7. The fraction of sp³-hybridized carbons (Fsp3) is 0.312. The van der Waals surface area contributed by atoms with Crippen LogP contribution in [-0.4, -0.2) is 60.6 Å². The van der Waals surface area contributed by atoms with Crippen molar-refractivity contribution >= 4 is 56.5 Å². The highest BCUT2D eigenvalue weighted by molar-refractivity contribution is 7.21. The summed E-state index contributed by atoms with van der Waals surface area (Å²) < 4.78 is 11.3.